The molecule has 0 unspecified atom stereocenters. The molecule has 132 valence electrons. The molecule has 2 rings (SSSR count). The van der Waals surface area contributed by atoms with Crippen LogP contribution in [0.1, 0.15) is 25.5 Å². The van der Waals surface area contributed by atoms with E-state index in [2.05, 4.69) is 20.6 Å². The fourth-order valence-corrected chi connectivity index (χ4v) is 2.53. The lowest BCUT2D eigenvalue weighted by atomic mass is 10.1. The molecular formula is C16H24FN5O2. The molecule has 2 heterocycles. The fraction of sp³-hybridized carbons (Fsp3) is 0.562. The summed E-state index contributed by atoms with van der Waals surface area (Å²) in [7, 11) is 1.66. The molecule has 1 aromatic rings. The van der Waals surface area contributed by atoms with Crippen LogP contribution in [-0.2, 0) is 11.3 Å². The second kappa shape index (κ2) is 9.05. The van der Waals surface area contributed by atoms with Gasteiger partial charge in [-0.1, -0.05) is 0 Å². The van der Waals surface area contributed by atoms with E-state index in [4.69, 9.17) is 4.74 Å². The summed E-state index contributed by atoms with van der Waals surface area (Å²) >= 11 is 0. The Balaban J connectivity index is 1.78. The highest BCUT2D eigenvalue weighted by Crippen LogP contribution is 2.11. The van der Waals surface area contributed by atoms with Crippen molar-refractivity contribution in [3.63, 3.8) is 0 Å². The molecule has 0 saturated carbocycles. The number of carbonyl (C=O) groups excluding carboxylic acids is 1. The normalized spacial score (nSPS) is 16.0. The van der Waals surface area contributed by atoms with Gasteiger partial charge in [-0.2, -0.15) is 0 Å². The zero-order chi connectivity index (χ0) is 17.4. The molecule has 2 N–H and O–H groups in total. The van der Waals surface area contributed by atoms with E-state index in [1.807, 2.05) is 0 Å². The third-order valence-electron chi connectivity index (χ3n) is 3.84. The Morgan fingerprint density at radius 3 is 2.88 bits per heavy atom. The van der Waals surface area contributed by atoms with Gasteiger partial charge in [-0.3, -0.25) is 9.98 Å². The summed E-state index contributed by atoms with van der Waals surface area (Å²) in [5, 5.41) is 6.36. The van der Waals surface area contributed by atoms with Crippen LogP contribution in [0.2, 0.25) is 0 Å². The van der Waals surface area contributed by atoms with Gasteiger partial charge in [0.1, 0.15) is 5.82 Å². The monoisotopic (exact) mass is 337 g/mol. The molecular weight excluding hydrogens is 313 g/mol. The van der Waals surface area contributed by atoms with E-state index in [1.54, 1.807) is 31.1 Å². The van der Waals surface area contributed by atoms with E-state index in [9.17, 15) is 9.18 Å². The maximum atomic E-state index is 13.6. The number of amides is 1. The Kier molecular flexibility index (Phi) is 6.77. The van der Waals surface area contributed by atoms with E-state index >= 15 is 0 Å². The number of aromatic nitrogens is 1. The number of carbonyl (C=O) groups is 1. The van der Waals surface area contributed by atoms with Gasteiger partial charge in [0.15, 0.2) is 5.96 Å². The number of piperidine rings is 1. The average molecular weight is 337 g/mol. The second-order valence-electron chi connectivity index (χ2n) is 5.46. The Morgan fingerprint density at radius 2 is 2.25 bits per heavy atom. The van der Waals surface area contributed by atoms with Gasteiger partial charge in [-0.15, -0.1) is 0 Å². The van der Waals surface area contributed by atoms with E-state index in [1.165, 1.54) is 6.07 Å². The summed E-state index contributed by atoms with van der Waals surface area (Å²) in [4.78, 5) is 21.5. The molecule has 0 aliphatic carbocycles. The SMILES string of the molecule is CCOC(=O)N1CCC(NC(=NC)NCc2ncccc2F)CC1. The predicted molar refractivity (Wildman–Crippen MR) is 89.1 cm³/mol. The molecule has 1 aliphatic rings. The molecule has 0 radical (unpaired) electrons. The van der Waals surface area contributed by atoms with Gasteiger partial charge in [0.25, 0.3) is 0 Å². The topological polar surface area (TPSA) is 78.8 Å². The first kappa shape index (κ1) is 18.0. The number of hydrogen-bond donors (Lipinski definition) is 2. The second-order valence-corrected chi connectivity index (χ2v) is 5.46. The molecule has 7 nitrogen and oxygen atoms in total. The first-order valence-electron chi connectivity index (χ1n) is 8.12. The van der Waals surface area contributed by atoms with Crippen LogP contribution in [0.15, 0.2) is 23.3 Å². The molecule has 0 atom stereocenters. The van der Waals surface area contributed by atoms with Crippen LogP contribution in [0, 0.1) is 5.82 Å². The van der Waals surface area contributed by atoms with Gasteiger partial charge >= 0.3 is 6.09 Å². The minimum atomic E-state index is -0.344. The molecule has 1 aromatic heterocycles. The highest BCUT2D eigenvalue weighted by Gasteiger charge is 2.24. The Labute approximate surface area is 141 Å². The lowest BCUT2D eigenvalue weighted by Crippen LogP contribution is -2.49. The first-order chi connectivity index (χ1) is 11.6. The van der Waals surface area contributed by atoms with Crippen molar-refractivity contribution < 1.29 is 13.9 Å². The molecule has 0 spiro atoms. The highest BCUT2D eigenvalue weighted by atomic mass is 19.1. The quantitative estimate of drug-likeness (QED) is 0.643. The van der Waals surface area contributed by atoms with Crippen molar-refractivity contribution in [2.24, 2.45) is 4.99 Å². The Morgan fingerprint density at radius 1 is 1.50 bits per heavy atom. The van der Waals surface area contributed by atoms with Crippen molar-refractivity contribution in [3.05, 3.63) is 29.8 Å². The maximum absolute atomic E-state index is 13.6. The molecule has 1 aliphatic heterocycles. The zero-order valence-corrected chi connectivity index (χ0v) is 14.1. The van der Waals surface area contributed by atoms with Gasteiger partial charge in [0.2, 0.25) is 0 Å². The summed E-state index contributed by atoms with van der Waals surface area (Å²) in [5.74, 6) is 0.248. The van der Waals surface area contributed by atoms with Crippen molar-refractivity contribution >= 4 is 12.1 Å². The van der Waals surface area contributed by atoms with Crippen LogP contribution in [0.4, 0.5) is 9.18 Å². The van der Waals surface area contributed by atoms with Crippen LogP contribution >= 0.6 is 0 Å². The van der Waals surface area contributed by atoms with Gasteiger partial charge in [-0.05, 0) is 31.9 Å². The zero-order valence-electron chi connectivity index (χ0n) is 14.1. The van der Waals surface area contributed by atoms with E-state index in [0.29, 0.717) is 31.3 Å². The summed E-state index contributed by atoms with van der Waals surface area (Å²) in [6.07, 6.45) is 2.90. The van der Waals surface area contributed by atoms with Crippen molar-refractivity contribution in [2.45, 2.75) is 32.4 Å². The summed E-state index contributed by atoms with van der Waals surface area (Å²) in [6.45, 7) is 3.72. The number of nitrogens with zero attached hydrogens (tertiary/aromatic N) is 3. The van der Waals surface area contributed by atoms with Crippen molar-refractivity contribution in [1.29, 1.82) is 0 Å². The number of nitrogens with one attached hydrogen (secondary N) is 2. The minimum absolute atomic E-state index is 0.204. The van der Waals surface area contributed by atoms with Crippen LogP contribution in [0.3, 0.4) is 0 Å². The van der Waals surface area contributed by atoms with Gasteiger partial charge < -0.3 is 20.3 Å². The third-order valence-corrected chi connectivity index (χ3v) is 3.84. The Hall–Kier alpha value is -2.38. The summed E-state index contributed by atoms with van der Waals surface area (Å²) < 4.78 is 18.6. The molecule has 1 amide bonds. The van der Waals surface area contributed by atoms with Crippen LogP contribution in [-0.4, -0.2) is 54.7 Å². The molecule has 0 bridgehead atoms. The molecule has 1 saturated heterocycles. The predicted octanol–water partition coefficient (Wildman–Crippen LogP) is 1.51. The maximum Gasteiger partial charge on any atom is 0.409 e. The third kappa shape index (κ3) is 5.07. The number of pyridine rings is 1. The lowest BCUT2D eigenvalue weighted by Gasteiger charge is -2.32. The van der Waals surface area contributed by atoms with Gasteiger partial charge in [0, 0.05) is 32.4 Å². The highest BCUT2D eigenvalue weighted by molar-refractivity contribution is 5.80. The number of ether oxygens (including phenoxy) is 1. The van der Waals surface area contributed by atoms with Crippen molar-refractivity contribution in [3.8, 4) is 0 Å². The minimum Gasteiger partial charge on any atom is -0.450 e. The van der Waals surface area contributed by atoms with Crippen molar-refractivity contribution in [2.75, 3.05) is 26.7 Å². The van der Waals surface area contributed by atoms with Crippen molar-refractivity contribution in [1.82, 2.24) is 20.5 Å². The molecule has 24 heavy (non-hydrogen) atoms. The lowest BCUT2D eigenvalue weighted by molar-refractivity contribution is 0.0963. The van der Waals surface area contributed by atoms with Crippen LogP contribution in [0.5, 0.6) is 0 Å². The average Bonchev–Trinajstić information content (AvgIpc) is 2.60. The largest absolute Gasteiger partial charge is 0.450 e. The van der Waals surface area contributed by atoms with Crippen LogP contribution in [0.25, 0.3) is 0 Å². The van der Waals surface area contributed by atoms with E-state index in [0.717, 1.165) is 12.8 Å². The number of likely N-dealkylation sites (tertiary alicyclic amines) is 1. The van der Waals surface area contributed by atoms with E-state index in [-0.39, 0.29) is 24.5 Å². The number of guanidine groups is 1. The molecule has 0 aromatic carbocycles. The fourth-order valence-electron chi connectivity index (χ4n) is 2.53. The standard InChI is InChI=1S/C16H24FN5O2/c1-3-24-16(23)22-9-6-12(7-10-22)21-15(18-2)20-11-14-13(17)5-4-8-19-14/h4-5,8,12H,3,6-7,9-11H2,1-2H3,(H2,18,20,21). The molecule has 1 fully saturated rings. The Bertz CT molecular complexity index is 573. The smallest absolute Gasteiger partial charge is 0.409 e. The number of rotatable bonds is 4. The summed E-state index contributed by atoms with van der Waals surface area (Å²) in [5.41, 5.74) is 0.345. The first-order valence-corrected chi connectivity index (χ1v) is 8.12. The number of hydrogen-bond acceptors (Lipinski definition) is 4. The molecule has 8 heteroatoms. The van der Waals surface area contributed by atoms with Crippen LogP contribution < -0.4 is 10.6 Å². The number of aliphatic imine (C=N–C) groups is 1. The number of halogens is 1. The van der Waals surface area contributed by atoms with Gasteiger partial charge in [0.05, 0.1) is 18.8 Å². The van der Waals surface area contributed by atoms with E-state index < -0.39 is 0 Å². The van der Waals surface area contributed by atoms with Gasteiger partial charge in [-0.25, -0.2) is 9.18 Å². The summed E-state index contributed by atoms with van der Waals surface area (Å²) in [6, 6.07) is 3.14.